The van der Waals surface area contributed by atoms with Gasteiger partial charge in [0.2, 0.25) is 0 Å². The first-order chi connectivity index (χ1) is 16.8. The second-order valence-electron chi connectivity index (χ2n) is 14.7. The van der Waals surface area contributed by atoms with Crippen LogP contribution < -0.4 is 0 Å². The van der Waals surface area contributed by atoms with Crippen molar-refractivity contribution in [2.75, 3.05) is 6.61 Å². The van der Waals surface area contributed by atoms with Crippen LogP contribution in [0.15, 0.2) is 12.2 Å². The Balaban J connectivity index is 1.52. The Morgan fingerprint density at radius 3 is 2.33 bits per heavy atom. The van der Waals surface area contributed by atoms with Crippen LogP contribution in [0.25, 0.3) is 0 Å². The number of rotatable bonds is 4. The van der Waals surface area contributed by atoms with Crippen molar-refractivity contribution in [2.45, 2.75) is 106 Å². The van der Waals surface area contributed by atoms with E-state index in [0.29, 0.717) is 36.2 Å². The van der Waals surface area contributed by atoms with E-state index in [1.807, 2.05) is 6.21 Å². The third kappa shape index (κ3) is 3.20. The molecule has 200 valence electrons. The lowest BCUT2D eigenvalue weighted by molar-refractivity contribution is -0.225. The normalized spacial score (nSPS) is 51.8. The van der Waals surface area contributed by atoms with E-state index in [2.05, 4.69) is 41.2 Å². The fraction of sp³-hybridized carbons (Fsp3) is 0.844. The molecule has 1 unspecified atom stereocenters. The Kier molecular flexibility index (Phi) is 6.01. The van der Waals surface area contributed by atoms with Crippen molar-refractivity contribution in [3.8, 4) is 0 Å². The van der Waals surface area contributed by atoms with Crippen molar-refractivity contribution in [3.63, 3.8) is 0 Å². The smallest absolute Gasteiger partial charge is 0.302 e. The van der Waals surface area contributed by atoms with Crippen molar-refractivity contribution in [3.05, 3.63) is 12.2 Å². The van der Waals surface area contributed by atoms with E-state index in [1.165, 1.54) is 51.0 Å². The van der Waals surface area contributed by atoms with Crippen LogP contribution in [0.1, 0.15) is 106 Å². The van der Waals surface area contributed by atoms with Gasteiger partial charge in [-0.1, -0.05) is 39.8 Å². The highest BCUT2D eigenvalue weighted by Crippen LogP contribution is 2.77. The van der Waals surface area contributed by atoms with Gasteiger partial charge in [0.05, 0.1) is 0 Å². The van der Waals surface area contributed by atoms with E-state index in [0.717, 1.165) is 31.4 Å². The summed E-state index contributed by atoms with van der Waals surface area (Å²) in [6.45, 7) is 18.5. The van der Waals surface area contributed by atoms with Crippen molar-refractivity contribution in [2.24, 2.45) is 56.7 Å². The number of nitrogens with one attached hydrogen (secondary N) is 2. The molecule has 5 saturated carbocycles. The predicted octanol–water partition coefficient (Wildman–Crippen LogP) is 7.86. The highest BCUT2D eigenvalue weighted by molar-refractivity contribution is 5.89. The lowest BCUT2D eigenvalue weighted by Crippen LogP contribution is -2.67. The first-order valence-corrected chi connectivity index (χ1v) is 14.7. The molecule has 0 spiro atoms. The van der Waals surface area contributed by atoms with Crippen molar-refractivity contribution < 1.29 is 9.53 Å². The average molecular weight is 495 g/mol. The molecule has 0 radical (unpaired) electrons. The summed E-state index contributed by atoms with van der Waals surface area (Å²) >= 11 is 0. The maximum absolute atomic E-state index is 11.8. The quantitative estimate of drug-likeness (QED) is 0.237. The third-order valence-corrected chi connectivity index (χ3v) is 13.6. The second kappa shape index (κ2) is 8.27. The molecule has 0 aromatic heterocycles. The number of ether oxygens (including phenoxy) is 1. The minimum Gasteiger partial charge on any atom is -0.465 e. The van der Waals surface area contributed by atoms with Crippen molar-refractivity contribution >= 4 is 17.9 Å². The standard InChI is InChI=1S/C32H50N2O2/c1-20(2)22-10-15-32(18-33)17-16-30(6)23(27(22)32)8-9-25-28(4)13-12-26(34)29(5,19-36-21(3)35)24(28)11-14-31(25,30)7/h18,22-25,27,33-34H,1,8-17,19H2,2-7H3/t22-,23+,24+,25+,27+,28-,29?,30+,31+,32+/m0/s1. The monoisotopic (exact) mass is 494 g/mol. The molecule has 0 aliphatic heterocycles. The highest BCUT2D eigenvalue weighted by atomic mass is 16.5. The second-order valence-corrected chi connectivity index (χ2v) is 14.7. The number of carbonyl (C=O) groups excluding carboxylic acids is 1. The largest absolute Gasteiger partial charge is 0.465 e. The van der Waals surface area contributed by atoms with Gasteiger partial charge in [0, 0.05) is 29.7 Å². The van der Waals surface area contributed by atoms with E-state index in [1.54, 1.807) is 0 Å². The fourth-order valence-corrected chi connectivity index (χ4v) is 11.5. The third-order valence-electron chi connectivity index (χ3n) is 13.6. The van der Waals surface area contributed by atoms with Gasteiger partial charge < -0.3 is 15.6 Å². The van der Waals surface area contributed by atoms with Crippen LogP contribution in [-0.4, -0.2) is 24.5 Å². The van der Waals surface area contributed by atoms with Gasteiger partial charge in [-0.05, 0) is 117 Å². The summed E-state index contributed by atoms with van der Waals surface area (Å²) in [5.74, 6) is 2.58. The number of esters is 1. The van der Waals surface area contributed by atoms with Crippen LogP contribution in [0.2, 0.25) is 0 Å². The molecule has 4 nitrogen and oxygen atoms in total. The summed E-state index contributed by atoms with van der Waals surface area (Å²) in [5.41, 5.74) is 2.56. The van der Waals surface area contributed by atoms with Crippen molar-refractivity contribution in [1.29, 1.82) is 10.8 Å². The topological polar surface area (TPSA) is 74.0 Å². The van der Waals surface area contributed by atoms with Gasteiger partial charge in [0.25, 0.3) is 0 Å². The Morgan fingerprint density at radius 2 is 1.69 bits per heavy atom. The molecule has 0 aromatic carbocycles. The number of fused-ring (bicyclic) bond motifs is 7. The van der Waals surface area contributed by atoms with Gasteiger partial charge in [-0.2, -0.15) is 0 Å². The Morgan fingerprint density at radius 1 is 0.972 bits per heavy atom. The van der Waals surface area contributed by atoms with Crippen LogP contribution in [0.4, 0.5) is 0 Å². The number of hydrogen-bond acceptors (Lipinski definition) is 4. The van der Waals surface area contributed by atoms with Gasteiger partial charge in [-0.25, -0.2) is 0 Å². The molecule has 0 heterocycles. The van der Waals surface area contributed by atoms with E-state index in [-0.39, 0.29) is 33.0 Å². The summed E-state index contributed by atoms with van der Waals surface area (Å²) in [6, 6.07) is 0. The SMILES string of the molecule is C=C(C)[C@@H]1CC[C@]2(C=N)CC[C@]3(C)[C@H](CC[C@@H]4[C@@]5(C)CCC(=N)C(C)(COC(C)=O)[C@@H]5CC[C@]43C)[C@@H]12. The molecule has 10 atom stereocenters. The maximum atomic E-state index is 11.8. The molecule has 0 aromatic rings. The lowest BCUT2D eigenvalue weighted by atomic mass is 9.32. The zero-order valence-corrected chi connectivity index (χ0v) is 23.8. The molecule has 5 fully saturated rings. The summed E-state index contributed by atoms with van der Waals surface area (Å²) in [6.07, 6.45) is 13.4. The zero-order chi connectivity index (χ0) is 26.3. The molecule has 4 heteroatoms. The first-order valence-electron chi connectivity index (χ1n) is 14.7. The summed E-state index contributed by atoms with van der Waals surface area (Å²) in [5, 5.41) is 17.4. The molecule has 0 bridgehead atoms. The maximum Gasteiger partial charge on any atom is 0.302 e. The summed E-state index contributed by atoms with van der Waals surface area (Å²) in [4.78, 5) is 11.8. The minimum atomic E-state index is -0.351. The number of allylic oxidation sites excluding steroid dienone is 1. The minimum absolute atomic E-state index is 0.0839. The van der Waals surface area contributed by atoms with Gasteiger partial charge >= 0.3 is 5.97 Å². The zero-order valence-electron chi connectivity index (χ0n) is 23.8. The first kappa shape index (κ1) is 26.2. The molecule has 5 aliphatic carbocycles. The van der Waals surface area contributed by atoms with E-state index in [9.17, 15) is 4.79 Å². The van der Waals surface area contributed by atoms with Crippen LogP contribution in [0, 0.1) is 67.5 Å². The van der Waals surface area contributed by atoms with Gasteiger partial charge in [0.15, 0.2) is 0 Å². The Labute approximate surface area is 219 Å². The van der Waals surface area contributed by atoms with Crippen molar-refractivity contribution in [1.82, 2.24) is 0 Å². The summed E-state index contributed by atoms with van der Waals surface area (Å²) in [7, 11) is 0. The van der Waals surface area contributed by atoms with Gasteiger partial charge in [0.1, 0.15) is 6.61 Å². The number of hydrogen-bond donors (Lipinski definition) is 2. The number of carbonyl (C=O) groups is 1. The van der Waals surface area contributed by atoms with Crippen LogP contribution in [0.3, 0.4) is 0 Å². The average Bonchev–Trinajstić information content (AvgIpc) is 3.21. The van der Waals surface area contributed by atoms with Crippen LogP contribution in [0.5, 0.6) is 0 Å². The molecule has 0 amide bonds. The van der Waals surface area contributed by atoms with Gasteiger partial charge in [-0.15, -0.1) is 0 Å². The Bertz CT molecular complexity index is 989. The lowest BCUT2D eigenvalue weighted by Gasteiger charge is -2.72. The van der Waals surface area contributed by atoms with Crippen LogP contribution in [-0.2, 0) is 9.53 Å². The van der Waals surface area contributed by atoms with Crippen LogP contribution >= 0.6 is 0 Å². The Hall–Kier alpha value is -1.45. The molecule has 5 rings (SSSR count). The molecule has 2 N–H and O–H groups in total. The molecular formula is C32H50N2O2. The highest BCUT2D eigenvalue weighted by Gasteiger charge is 2.70. The molecule has 5 aliphatic rings. The molecule has 36 heavy (non-hydrogen) atoms. The van der Waals surface area contributed by atoms with Gasteiger partial charge in [-0.3, -0.25) is 4.79 Å². The fourth-order valence-electron chi connectivity index (χ4n) is 11.5. The van der Waals surface area contributed by atoms with E-state index in [4.69, 9.17) is 15.6 Å². The molecule has 0 saturated heterocycles. The summed E-state index contributed by atoms with van der Waals surface area (Å²) < 4.78 is 5.61. The molecular weight excluding hydrogens is 444 g/mol. The predicted molar refractivity (Wildman–Crippen MR) is 146 cm³/mol. The van der Waals surface area contributed by atoms with E-state index < -0.39 is 0 Å². The van der Waals surface area contributed by atoms with E-state index >= 15 is 0 Å².